The molecule has 1 fully saturated rings. The number of anilines is 1. The number of hydrogen-bond acceptors (Lipinski definition) is 3. The molecule has 1 N–H and O–H groups in total. The maximum atomic E-state index is 12.7. The number of para-hydroxylation sites is 1. The molecule has 0 radical (unpaired) electrons. The Morgan fingerprint density at radius 1 is 1.30 bits per heavy atom. The average Bonchev–Trinajstić information content (AvgIpc) is 3.28. The van der Waals surface area contributed by atoms with Gasteiger partial charge < -0.3 is 14.8 Å². The van der Waals surface area contributed by atoms with E-state index < -0.39 is 0 Å². The summed E-state index contributed by atoms with van der Waals surface area (Å²) in [7, 11) is 0. The van der Waals surface area contributed by atoms with Crippen molar-refractivity contribution in [3.05, 3.63) is 53.6 Å². The Kier molecular flexibility index (Phi) is 4.74. The second-order valence-electron chi connectivity index (χ2n) is 7.14. The van der Waals surface area contributed by atoms with Gasteiger partial charge in [0, 0.05) is 31.2 Å². The lowest BCUT2D eigenvalue weighted by atomic mass is 10.1. The Labute approximate surface area is 163 Å². The van der Waals surface area contributed by atoms with Crippen molar-refractivity contribution in [2.75, 3.05) is 18.4 Å². The van der Waals surface area contributed by atoms with Gasteiger partial charge in [0.2, 0.25) is 0 Å². The summed E-state index contributed by atoms with van der Waals surface area (Å²) in [6.07, 6.45) is 4.52. The van der Waals surface area contributed by atoms with Gasteiger partial charge >= 0.3 is 6.03 Å². The normalized spacial score (nSPS) is 17.0. The fourth-order valence-electron chi connectivity index (χ4n) is 3.70. The molecule has 0 unspecified atom stereocenters. The van der Waals surface area contributed by atoms with E-state index >= 15 is 0 Å². The van der Waals surface area contributed by atoms with E-state index in [0.29, 0.717) is 23.8 Å². The molecule has 1 aliphatic heterocycles. The van der Waals surface area contributed by atoms with Gasteiger partial charge in [0.15, 0.2) is 0 Å². The molecule has 1 aliphatic rings. The highest BCUT2D eigenvalue weighted by atomic mass is 35.5. The summed E-state index contributed by atoms with van der Waals surface area (Å²) < 4.78 is 2.24. The first-order valence-electron chi connectivity index (χ1n) is 9.17. The van der Waals surface area contributed by atoms with E-state index in [9.17, 15) is 4.79 Å². The molecule has 140 valence electrons. The summed E-state index contributed by atoms with van der Waals surface area (Å²) in [5.74, 6) is 1.23. The van der Waals surface area contributed by atoms with Crippen molar-refractivity contribution in [2.24, 2.45) is 0 Å². The number of halogens is 1. The zero-order chi connectivity index (χ0) is 19.0. The summed E-state index contributed by atoms with van der Waals surface area (Å²) >= 11 is 6.15. The lowest BCUT2D eigenvalue weighted by Crippen LogP contribution is -2.33. The molecule has 4 rings (SSSR count). The molecule has 2 amide bonds. The molecule has 6 nitrogen and oxygen atoms in total. The fourth-order valence-corrected chi connectivity index (χ4v) is 3.89. The Hall–Kier alpha value is -2.60. The molecular formula is C20H22ClN5O. The van der Waals surface area contributed by atoms with E-state index in [1.165, 1.54) is 0 Å². The number of nitrogens with one attached hydrogen (secondary N) is 1. The largest absolute Gasteiger partial charge is 0.324 e. The number of benzene rings is 1. The quantitative estimate of drug-likeness (QED) is 0.713. The number of fused-ring (bicyclic) bond motifs is 1. The van der Waals surface area contributed by atoms with Gasteiger partial charge in [-0.05, 0) is 38.5 Å². The molecule has 7 heteroatoms. The molecule has 1 atom stereocenters. The van der Waals surface area contributed by atoms with Crippen LogP contribution in [0.1, 0.15) is 38.1 Å². The van der Waals surface area contributed by atoms with Crippen LogP contribution in [0.3, 0.4) is 0 Å². The molecule has 0 bridgehead atoms. The molecule has 0 spiro atoms. The summed E-state index contributed by atoms with van der Waals surface area (Å²) in [6, 6.07) is 9.36. The smallest absolute Gasteiger partial charge is 0.321 e. The van der Waals surface area contributed by atoms with E-state index in [2.05, 4.69) is 28.7 Å². The van der Waals surface area contributed by atoms with Crippen molar-refractivity contribution in [3.63, 3.8) is 0 Å². The molecular weight excluding hydrogens is 362 g/mol. The summed E-state index contributed by atoms with van der Waals surface area (Å²) in [5, 5.41) is 3.44. The summed E-state index contributed by atoms with van der Waals surface area (Å²) in [6.45, 7) is 5.63. The molecule has 1 aromatic carbocycles. The van der Waals surface area contributed by atoms with Crippen LogP contribution < -0.4 is 5.32 Å². The van der Waals surface area contributed by atoms with Gasteiger partial charge in [0.1, 0.15) is 5.82 Å². The molecule has 1 saturated heterocycles. The molecule has 3 aromatic rings. The standard InChI is InChI=1S/C20H22ClN5O/c1-13(2)26-18-11-22-9-7-17(18)23-19(26)14-8-10-25(12-14)20(27)24-16-6-4-3-5-15(16)21/h3-7,9,11,13-14H,8,10,12H2,1-2H3,(H,24,27)/t14-/m0/s1. The van der Waals surface area contributed by atoms with Crippen LogP contribution in [0.4, 0.5) is 10.5 Å². The third-order valence-corrected chi connectivity index (χ3v) is 5.32. The van der Waals surface area contributed by atoms with Crippen LogP contribution in [0.2, 0.25) is 5.02 Å². The first-order valence-corrected chi connectivity index (χ1v) is 9.54. The third-order valence-electron chi connectivity index (χ3n) is 4.99. The number of nitrogens with zero attached hydrogens (tertiary/aromatic N) is 4. The number of imidazole rings is 1. The fraction of sp³-hybridized carbons (Fsp3) is 0.350. The van der Waals surface area contributed by atoms with Crippen LogP contribution in [0.15, 0.2) is 42.7 Å². The van der Waals surface area contributed by atoms with E-state index in [4.69, 9.17) is 16.6 Å². The van der Waals surface area contributed by atoms with Crippen LogP contribution in [-0.4, -0.2) is 38.6 Å². The molecule has 27 heavy (non-hydrogen) atoms. The highest BCUT2D eigenvalue weighted by Gasteiger charge is 2.31. The van der Waals surface area contributed by atoms with Gasteiger partial charge in [-0.1, -0.05) is 23.7 Å². The monoisotopic (exact) mass is 383 g/mol. The number of amides is 2. The minimum Gasteiger partial charge on any atom is -0.324 e. The van der Waals surface area contributed by atoms with Crippen LogP contribution in [0, 0.1) is 0 Å². The van der Waals surface area contributed by atoms with Gasteiger partial charge in [-0.25, -0.2) is 9.78 Å². The van der Waals surface area contributed by atoms with Gasteiger partial charge in [-0.3, -0.25) is 4.98 Å². The number of rotatable bonds is 3. The maximum Gasteiger partial charge on any atom is 0.321 e. The SMILES string of the molecule is CC(C)n1c([C@H]2CCN(C(=O)Nc3ccccc3Cl)C2)nc2ccncc21. The van der Waals surface area contributed by atoms with Crippen LogP contribution in [-0.2, 0) is 0 Å². The Morgan fingerprint density at radius 2 is 2.11 bits per heavy atom. The van der Waals surface area contributed by atoms with Gasteiger partial charge in [-0.2, -0.15) is 0 Å². The van der Waals surface area contributed by atoms with Crippen molar-refractivity contribution in [1.82, 2.24) is 19.4 Å². The average molecular weight is 384 g/mol. The second kappa shape index (κ2) is 7.19. The van der Waals surface area contributed by atoms with Crippen molar-refractivity contribution >= 4 is 34.4 Å². The predicted molar refractivity (Wildman–Crippen MR) is 107 cm³/mol. The number of carbonyl (C=O) groups excluding carboxylic acids is 1. The minimum absolute atomic E-state index is 0.125. The number of pyridine rings is 1. The van der Waals surface area contributed by atoms with Gasteiger partial charge in [-0.15, -0.1) is 0 Å². The Morgan fingerprint density at radius 3 is 2.89 bits per heavy atom. The number of aromatic nitrogens is 3. The summed E-state index contributed by atoms with van der Waals surface area (Å²) in [4.78, 5) is 23.6. The van der Waals surface area contributed by atoms with Crippen LogP contribution in [0.5, 0.6) is 0 Å². The summed E-state index contributed by atoms with van der Waals surface area (Å²) in [5.41, 5.74) is 2.63. The van der Waals surface area contributed by atoms with Crippen LogP contribution in [0.25, 0.3) is 11.0 Å². The molecule has 0 aliphatic carbocycles. The Bertz CT molecular complexity index is 983. The van der Waals surface area contributed by atoms with Crippen molar-refractivity contribution in [3.8, 4) is 0 Å². The lowest BCUT2D eigenvalue weighted by Gasteiger charge is -2.19. The van der Waals surface area contributed by atoms with Crippen molar-refractivity contribution < 1.29 is 4.79 Å². The maximum absolute atomic E-state index is 12.7. The van der Waals surface area contributed by atoms with Gasteiger partial charge in [0.25, 0.3) is 0 Å². The highest BCUT2D eigenvalue weighted by molar-refractivity contribution is 6.33. The first kappa shape index (κ1) is 17.8. The minimum atomic E-state index is -0.125. The van der Waals surface area contributed by atoms with E-state index in [-0.39, 0.29) is 18.0 Å². The van der Waals surface area contributed by atoms with E-state index in [0.717, 1.165) is 23.3 Å². The number of urea groups is 1. The van der Waals surface area contributed by atoms with E-state index in [1.807, 2.05) is 29.3 Å². The van der Waals surface area contributed by atoms with Crippen LogP contribution >= 0.6 is 11.6 Å². The van der Waals surface area contributed by atoms with Gasteiger partial charge in [0.05, 0.1) is 27.9 Å². The van der Waals surface area contributed by atoms with Crippen molar-refractivity contribution in [1.29, 1.82) is 0 Å². The lowest BCUT2D eigenvalue weighted by molar-refractivity contribution is 0.222. The topological polar surface area (TPSA) is 63.1 Å². The zero-order valence-electron chi connectivity index (χ0n) is 15.4. The third kappa shape index (κ3) is 3.37. The number of hydrogen-bond donors (Lipinski definition) is 1. The second-order valence-corrected chi connectivity index (χ2v) is 7.55. The molecule has 0 saturated carbocycles. The first-order chi connectivity index (χ1) is 13.0. The molecule has 2 aromatic heterocycles. The predicted octanol–water partition coefficient (Wildman–Crippen LogP) is 4.69. The number of carbonyl (C=O) groups is 1. The Balaban J connectivity index is 1.55. The molecule has 3 heterocycles. The van der Waals surface area contributed by atoms with E-state index in [1.54, 1.807) is 18.3 Å². The number of likely N-dealkylation sites (tertiary alicyclic amines) is 1. The highest BCUT2D eigenvalue weighted by Crippen LogP contribution is 2.32. The zero-order valence-corrected chi connectivity index (χ0v) is 16.1. The van der Waals surface area contributed by atoms with Crippen molar-refractivity contribution in [2.45, 2.75) is 32.2 Å².